The number of aromatic nitrogens is 1. The van der Waals surface area contributed by atoms with E-state index in [1.165, 1.54) is 24.4 Å². The molecular weight excluding hydrogens is 236 g/mol. The molecule has 17 heavy (non-hydrogen) atoms. The Morgan fingerprint density at radius 3 is 2.88 bits per heavy atom. The van der Waals surface area contributed by atoms with Gasteiger partial charge < -0.3 is 10.1 Å². The lowest BCUT2D eigenvalue weighted by atomic mass is 9.82. The van der Waals surface area contributed by atoms with E-state index in [4.69, 9.17) is 4.74 Å². The first-order valence-electron chi connectivity index (χ1n) is 6.01. The molecule has 1 aromatic heterocycles. The zero-order chi connectivity index (χ0) is 12.4. The van der Waals surface area contributed by atoms with Crippen molar-refractivity contribution >= 4 is 22.5 Å². The smallest absolute Gasteiger partial charge is 0.343 e. The van der Waals surface area contributed by atoms with Crippen LogP contribution in [0.4, 0.5) is 5.00 Å². The van der Waals surface area contributed by atoms with Crippen LogP contribution in [0.5, 0.6) is 0 Å². The van der Waals surface area contributed by atoms with Crippen molar-refractivity contribution < 1.29 is 9.53 Å². The Morgan fingerprint density at radius 2 is 2.29 bits per heavy atom. The number of hydrogen-bond donors (Lipinski definition) is 1. The second-order valence-electron chi connectivity index (χ2n) is 4.61. The SMILES string of the molecule is CCOC(=O)c1c(C)nsc1NC1CC(C)C1. The summed E-state index contributed by atoms with van der Waals surface area (Å²) in [5.74, 6) is 0.515. The molecule has 0 amide bonds. The summed E-state index contributed by atoms with van der Waals surface area (Å²) < 4.78 is 9.28. The third-order valence-electron chi connectivity index (χ3n) is 3.05. The molecule has 0 aliphatic heterocycles. The van der Waals surface area contributed by atoms with Crippen molar-refractivity contribution in [1.29, 1.82) is 0 Å². The van der Waals surface area contributed by atoms with Crippen LogP contribution in [0.3, 0.4) is 0 Å². The van der Waals surface area contributed by atoms with Gasteiger partial charge in [-0.3, -0.25) is 0 Å². The highest BCUT2D eigenvalue weighted by atomic mass is 32.1. The molecule has 0 spiro atoms. The number of carbonyl (C=O) groups excluding carboxylic acids is 1. The van der Waals surface area contributed by atoms with Crippen LogP contribution in [0.1, 0.15) is 42.7 Å². The highest BCUT2D eigenvalue weighted by Crippen LogP contribution is 2.33. The first-order chi connectivity index (χ1) is 8.11. The molecule has 1 aromatic rings. The highest BCUT2D eigenvalue weighted by Gasteiger charge is 2.28. The van der Waals surface area contributed by atoms with Crippen LogP contribution >= 0.6 is 11.5 Å². The van der Waals surface area contributed by atoms with Gasteiger partial charge in [0.2, 0.25) is 0 Å². The van der Waals surface area contributed by atoms with E-state index >= 15 is 0 Å². The molecule has 5 heteroatoms. The Morgan fingerprint density at radius 1 is 1.59 bits per heavy atom. The van der Waals surface area contributed by atoms with Gasteiger partial charge in [-0.15, -0.1) is 0 Å². The van der Waals surface area contributed by atoms with Gasteiger partial charge in [0, 0.05) is 6.04 Å². The minimum Gasteiger partial charge on any atom is -0.462 e. The number of esters is 1. The van der Waals surface area contributed by atoms with Gasteiger partial charge >= 0.3 is 5.97 Å². The molecule has 0 unspecified atom stereocenters. The molecule has 1 aliphatic carbocycles. The first kappa shape index (κ1) is 12.4. The molecule has 0 radical (unpaired) electrons. The van der Waals surface area contributed by atoms with Crippen molar-refractivity contribution in [2.75, 3.05) is 11.9 Å². The number of nitrogens with zero attached hydrogens (tertiary/aromatic N) is 1. The largest absolute Gasteiger partial charge is 0.462 e. The van der Waals surface area contributed by atoms with Crippen LogP contribution in [0.2, 0.25) is 0 Å². The summed E-state index contributed by atoms with van der Waals surface area (Å²) in [5, 5.41) is 4.25. The molecule has 1 aliphatic rings. The van der Waals surface area contributed by atoms with Crippen LogP contribution in [0.25, 0.3) is 0 Å². The van der Waals surface area contributed by atoms with Crippen LogP contribution in [-0.4, -0.2) is 23.0 Å². The standard InChI is InChI=1S/C12H18N2O2S/c1-4-16-12(15)10-8(3)14-17-11(10)13-9-5-7(2)6-9/h7,9,13H,4-6H2,1-3H3. The lowest BCUT2D eigenvalue weighted by molar-refractivity contribution is 0.0527. The Balaban J connectivity index is 2.09. The second-order valence-corrected chi connectivity index (χ2v) is 5.38. The van der Waals surface area contributed by atoms with Gasteiger partial charge in [-0.2, -0.15) is 4.37 Å². The minimum atomic E-state index is -0.270. The second kappa shape index (κ2) is 5.04. The summed E-state index contributed by atoms with van der Waals surface area (Å²) in [4.78, 5) is 11.8. The maximum atomic E-state index is 11.8. The predicted octanol–water partition coefficient (Wildman–Crippen LogP) is 2.84. The van der Waals surface area contributed by atoms with Crippen molar-refractivity contribution in [3.63, 3.8) is 0 Å². The van der Waals surface area contributed by atoms with Crippen LogP contribution < -0.4 is 5.32 Å². The Bertz CT molecular complexity index is 411. The van der Waals surface area contributed by atoms with Crippen molar-refractivity contribution in [2.45, 2.75) is 39.7 Å². The minimum absolute atomic E-state index is 0.270. The van der Waals surface area contributed by atoms with Gasteiger partial charge in [0.1, 0.15) is 10.6 Å². The Labute approximate surface area is 106 Å². The Kier molecular flexibility index (Phi) is 3.66. The number of anilines is 1. The number of aryl methyl sites for hydroxylation is 1. The number of carbonyl (C=O) groups is 1. The molecule has 1 N–H and O–H groups in total. The van der Waals surface area contributed by atoms with Crippen molar-refractivity contribution in [2.24, 2.45) is 5.92 Å². The number of rotatable bonds is 4. The topological polar surface area (TPSA) is 51.2 Å². The molecule has 2 rings (SSSR count). The summed E-state index contributed by atoms with van der Waals surface area (Å²) in [6.45, 7) is 6.29. The number of nitrogens with one attached hydrogen (secondary N) is 1. The van der Waals surface area contributed by atoms with E-state index in [1.807, 2.05) is 13.8 Å². The maximum Gasteiger partial charge on any atom is 0.343 e. The molecule has 1 saturated carbocycles. The highest BCUT2D eigenvalue weighted by molar-refractivity contribution is 7.10. The van der Waals surface area contributed by atoms with Gasteiger partial charge in [0.05, 0.1) is 12.3 Å². The average Bonchev–Trinajstić information content (AvgIpc) is 2.58. The van der Waals surface area contributed by atoms with Crippen LogP contribution in [-0.2, 0) is 4.74 Å². The first-order valence-corrected chi connectivity index (χ1v) is 6.79. The number of hydrogen-bond acceptors (Lipinski definition) is 5. The van der Waals surface area contributed by atoms with Crippen molar-refractivity contribution in [1.82, 2.24) is 4.37 Å². The van der Waals surface area contributed by atoms with Gasteiger partial charge in [-0.25, -0.2) is 4.79 Å². The zero-order valence-electron chi connectivity index (χ0n) is 10.4. The molecule has 4 nitrogen and oxygen atoms in total. The lowest BCUT2D eigenvalue weighted by Crippen LogP contribution is -2.33. The molecule has 94 valence electrons. The third kappa shape index (κ3) is 2.60. The molecule has 1 heterocycles. The quantitative estimate of drug-likeness (QED) is 0.839. The normalized spacial score (nSPS) is 23.0. The molecule has 0 saturated heterocycles. The van der Waals surface area contributed by atoms with E-state index in [0.29, 0.717) is 18.2 Å². The lowest BCUT2D eigenvalue weighted by Gasteiger charge is -2.33. The van der Waals surface area contributed by atoms with Crippen molar-refractivity contribution in [3.05, 3.63) is 11.3 Å². The van der Waals surface area contributed by atoms with Crippen LogP contribution in [0.15, 0.2) is 0 Å². The third-order valence-corrected chi connectivity index (χ3v) is 3.92. The van der Waals surface area contributed by atoms with E-state index in [1.54, 1.807) is 0 Å². The monoisotopic (exact) mass is 254 g/mol. The van der Waals surface area contributed by atoms with E-state index in [0.717, 1.165) is 16.6 Å². The predicted molar refractivity (Wildman–Crippen MR) is 68.6 cm³/mol. The molecule has 0 bridgehead atoms. The van der Waals surface area contributed by atoms with Crippen LogP contribution in [0, 0.1) is 12.8 Å². The molecule has 1 fully saturated rings. The fourth-order valence-electron chi connectivity index (χ4n) is 2.12. The van der Waals surface area contributed by atoms with Gasteiger partial charge in [0.15, 0.2) is 0 Å². The fourth-order valence-corrected chi connectivity index (χ4v) is 2.98. The zero-order valence-corrected chi connectivity index (χ0v) is 11.3. The van der Waals surface area contributed by atoms with E-state index in [2.05, 4.69) is 16.6 Å². The average molecular weight is 254 g/mol. The number of ether oxygens (including phenoxy) is 1. The Hall–Kier alpha value is -1.10. The van der Waals surface area contributed by atoms with Gasteiger partial charge in [-0.1, -0.05) is 6.92 Å². The maximum absolute atomic E-state index is 11.8. The van der Waals surface area contributed by atoms with E-state index in [9.17, 15) is 4.79 Å². The van der Waals surface area contributed by atoms with E-state index in [-0.39, 0.29) is 5.97 Å². The molecule has 0 aromatic carbocycles. The molecule has 0 atom stereocenters. The van der Waals surface area contributed by atoms with Crippen molar-refractivity contribution in [3.8, 4) is 0 Å². The van der Waals surface area contributed by atoms with Gasteiger partial charge in [0.25, 0.3) is 0 Å². The summed E-state index contributed by atoms with van der Waals surface area (Å²) in [6.07, 6.45) is 2.33. The summed E-state index contributed by atoms with van der Waals surface area (Å²) in [5.41, 5.74) is 1.36. The fraction of sp³-hybridized carbons (Fsp3) is 0.667. The summed E-state index contributed by atoms with van der Waals surface area (Å²) >= 11 is 1.35. The molecular formula is C12H18N2O2S. The van der Waals surface area contributed by atoms with Gasteiger partial charge in [-0.05, 0) is 44.1 Å². The summed E-state index contributed by atoms with van der Waals surface area (Å²) in [7, 11) is 0. The summed E-state index contributed by atoms with van der Waals surface area (Å²) in [6, 6.07) is 0.484. The van der Waals surface area contributed by atoms with E-state index < -0.39 is 0 Å².